The van der Waals surface area contributed by atoms with Crippen molar-refractivity contribution in [3.05, 3.63) is 29.8 Å². The maximum Gasteiger partial charge on any atom is 0.411 e. The molecule has 4 N–H and O–H groups in total. The quantitative estimate of drug-likeness (QED) is 0.130. The summed E-state index contributed by atoms with van der Waals surface area (Å²) in [6.45, 7) is 11.0. The molecule has 0 aromatic heterocycles. The molecule has 57 heavy (non-hydrogen) atoms. The zero-order chi connectivity index (χ0) is 42.0. The first-order valence-electron chi connectivity index (χ1n) is 20.7. The number of hydrogen-bond acceptors (Lipinski definition) is 10. The molecule has 2 heterocycles. The Morgan fingerprint density at radius 3 is 2.30 bits per heavy atom. The molecular weight excluding hydrogens is 732 g/mol. The molecule has 2 aliphatic heterocycles. The van der Waals surface area contributed by atoms with Crippen molar-refractivity contribution in [2.24, 2.45) is 23.7 Å². The molecule has 10 unspecified atom stereocenters. The summed E-state index contributed by atoms with van der Waals surface area (Å²) in [6.07, 6.45) is 2.79. The minimum atomic E-state index is -0.893. The lowest BCUT2D eigenvalue weighted by Gasteiger charge is -2.41. The zero-order valence-electron chi connectivity index (χ0n) is 35.5. The number of nitrogens with one attached hydrogen (secondary N) is 2. The van der Waals surface area contributed by atoms with Gasteiger partial charge in [-0.2, -0.15) is 0 Å². The van der Waals surface area contributed by atoms with Crippen molar-refractivity contribution in [3.63, 3.8) is 0 Å². The number of ether oxygens (including phenoxy) is 4. The van der Waals surface area contributed by atoms with Gasteiger partial charge in [-0.3, -0.25) is 24.1 Å². The molecule has 0 spiro atoms. The van der Waals surface area contributed by atoms with Crippen molar-refractivity contribution in [1.29, 1.82) is 0 Å². The standard InChI is InChI=1S/C42H68N6O9/c1-10-26(4)36(33(55-8)23-34(49)47-20-11-12-32(47)38(56-9)27(5)39(50)44-19-21-54-7)46(6)41(52)35(25(2)3)45-40(51)37-29-15-18-31(22-29)48(37)42(53)57-24-28-13-16-30(43)17-14-28/h13-14,16-17,25-27,29,31-33,35-38H,10-12,15,18-24,43H2,1-9H3,(H,44,50)(H,45,51). The summed E-state index contributed by atoms with van der Waals surface area (Å²) in [5, 5.41) is 5.92. The highest BCUT2D eigenvalue weighted by atomic mass is 16.6. The number of fused-ring (bicyclic) bond motifs is 2. The van der Waals surface area contributed by atoms with Gasteiger partial charge in [-0.1, -0.05) is 53.2 Å². The number of nitrogens with zero attached hydrogens (tertiary/aromatic N) is 3. The summed E-state index contributed by atoms with van der Waals surface area (Å²) in [5.74, 6) is -1.86. The van der Waals surface area contributed by atoms with Gasteiger partial charge in [0, 0.05) is 53.2 Å². The molecule has 1 aliphatic carbocycles. The number of hydrogen-bond donors (Lipinski definition) is 3. The Morgan fingerprint density at radius 1 is 0.982 bits per heavy atom. The Hall–Kier alpha value is -3.95. The van der Waals surface area contributed by atoms with E-state index in [-0.39, 0.29) is 66.5 Å². The number of methoxy groups -OCH3 is 3. The number of rotatable bonds is 20. The average Bonchev–Trinajstić information content (AvgIpc) is 3.97. The van der Waals surface area contributed by atoms with Crippen LogP contribution >= 0.6 is 0 Å². The molecule has 320 valence electrons. The second kappa shape index (κ2) is 21.2. The number of carbonyl (C=O) groups excluding carboxylic acids is 5. The number of likely N-dealkylation sites (N-methyl/N-ethyl adjacent to an activating group) is 1. The fourth-order valence-corrected chi connectivity index (χ4v) is 9.14. The number of carbonyl (C=O) groups is 5. The van der Waals surface area contributed by atoms with E-state index in [1.54, 1.807) is 67.3 Å². The highest BCUT2D eigenvalue weighted by Gasteiger charge is 2.53. The van der Waals surface area contributed by atoms with Crippen LogP contribution in [0, 0.1) is 23.7 Å². The lowest BCUT2D eigenvalue weighted by Crippen LogP contribution is -2.60. The van der Waals surface area contributed by atoms with E-state index < -0.39 is 42.3 Å². The highest BCUT2D eigenvalue weighted by Crippen LogP contribution is 2.43. The van der Waals surface area contributed by atoms with Crippen LogP contribution in [0.2, 0.25) is 0 Å². The van der Waals surface area contributed by atoms with Gasteiger partial charge in [0.15, 0.2) is 0 Å². The predicted octanol–water partition coefficient (Wildman–Crippen LogP) is 3.58. The number of likely N-dealkylation sites (tertiary alicyclic amines) is 2. The molecule has 3 fully saturated rings. The number of anilines is 1. The molecule has 2 bridgehead atoms. The molecule has 15 heteroatoms. The van der Waals surface area contributed by atoms with Crippen LogP contribution in [0.25, 0.3) is 0 Å². The van der Waals surface area contributed by atoms with Crippen molar-refractivity contribution < 1.29 is 42.9 Å². The smallest absolute Gasteiger partial charge is 0.411 e. The van der Waals surface area contributed by atoms with Gasteiger partial charge in [-0.05, 0) is 67.6 Å². The summed E-state index contributed by atoms with van der Waals surface area (Å²) in [7, 11) is 6.40. The van der Waals surface area contributed by atoms with Gasteiger partial charge in [0.05, 0.1) is 43.2 Å². The van der Waals surface area contributed by atoms with Gasteiger partial charge >= 0.3 is 6.09 Å². The fourth-order valence-electron chi connectivity index (χ4n) is 9.14. The van der Waals surface area contributed by atoms with E-state index in [0.717, 1.165) is 24.8 Å². The zero-order valence-corrected chi connectivity index (χ0v) is 35.5. The first kappa shape index (κ1) is 45.7. The maximum absolute atomic E-state index is 14.5. The first-order chi connectivity index (χ1) is 27.2. The summed E-state index contributed by atoms with van der Waals surface area (Å²) >= 11 is 0. The second-order valence-corrected chi connectivity index (χ2v) is 16.5. The lowest BCUT2D eigenvalue weighted by atomic mass is 9.89. The maximum atomic E-state index is 14.5. The van der Waals surface area contributed by atoms with Crippen LogP contribution in [-0.2, 0) is 44.7 Å². The molecule has 15 nitrogen and oxygen atoms in total. The lowest BCUT2D eigenvalue weighted by molar-refractivity contribution is -0.148. The van der Waals surface area contributed by atoms with Gasteiger partial charge < -0.3 is 45.1 Å². The SMILES string of the molecule is CCC(C)C(C(CC(=O)N1CCCC1C(OC)C(C)C(=O)NCCOC)OC)N(C)C(=O)C(NC(=O)C1C2CCC(C2)N1C(=O)OCc1ccc(N)cc1)C(C)C. The van der Waals surface area contributed by atoms with Crippen LogP contribution in [-0.4, -0.2) is 135 Å². The third kappa shape index (κ3) is 11.0. The molecule has 1 aromatic carbocycles. The summed E-state index contributed by atoms with van der Waals surface area (Å²) < 4.78 is 22.6. The summed E-state index contributed by atoms with van der Waals surface area (Å²) in [4.78, 5) is 74.2. The van der Waals surface area contributed by atoms with Crippen LogP contribution in [0.4, 0.5) is 10.5 Å². The number of amides is 5. The normalized spacial score (nSPS) is 23.4. The Bertz CT molecular complexity index is 1510. The molecule has 1 aromatic rings. The highest BCUT2D eigenvalue weighted by molar-refractivity contribution is 5.92. The van der Waals surface area contributed by atoms with Crippen LogP contribution in [0.5, 0.6) is 0 Å². The van der Waals surface area contributed by atoms with Crippen LogP contribution in [0.3, 0.4) is 0 Å². The molecule has 3 aliphatic rings. The van der Waals surface area contributed by atoms with E-state index in [1.165, 1.54) is 0 Å². The van der Waals surface area contributed by atoms with Gasteiger partial charge in [-0.25, -0.2) is 4.79 Å². The van der Waals surface area contributed by atoms with E-state index in [4.69, 9.17) is 24.7 Å². The van der Waals surface area contributed by atoms with Crippen molar-refractivity contribution in [1.82, 2.24) is 25.3 Å². The van der Waals surface area contributed by atoms with Gasteiger partial charge in [0.1, 0.15) is 18.7 Å². The Labute approximate surface area is 339 Å². The topological polar surface area (TPSA) is 182 Å². The van der Waals surface area contributed by atoms with Crippen LogP contribution < -0.4 is 16.4 Å². The summed E-state index contributed by atoms with van der Waals surface area (Å²) in [5.41, 5.74) is 7.20. The van der Waals surface area contributed by atoms with E-state index in [1.807, 2.05) is 34.6 Å². The Kier molecular flexibility index (Phi) is 17.0. The van der Waals surface area contributed by atoms with E-state index >= 15 is 0 Å². The minimum absolute atomic E-state index is 0.0156. The molecule has 4 rings (SSSR count). The Morgan fingerprint density at radius 2 is 1.68 bits per heavy atom. The summed E-state index contributed by atoms with van der Waals surface area (Å²) in [6, 6.07) is 4.53. The second-order valence-electron chi connectivity index (χ2n) is 16.5. The molecule has 10 atom stereocenters. The monoisotopic (exact) mass is 801 g/mol. The Balaban J connectivity index is 1.47. The number of benzene rings is 1. The van der Waals surface area contributed by atoms with Crippen molar-refractivity contribution in [3.8, 4) is 0 Å². The van der Waals surface area contributed by atoms with E-state index in [9.17, 15) is 24.0 Å². The molecule has 1 saturated carbocycles. The van der Waals surface area contributed by atoms with E-state index in [2.05, 4.69) is 10.6 Å². The largest absolute Gasteiger partial charge is 0.445 e. The van der Waals surface area contributed by atoms with Gasteiger partial charge in [0.25, 0.3) is 0 Å². The fraction of sp³-hybridized carbons (Fsp3) is 0.738. The van der Waals surface area contributed by atoms with Crippen LogP contribution in [0.1, 0.15) is 85.1 Å². The van der Waals surface area contributed by atoms with Gasteiger partial charge in [-0.15, -0.1) is 0 Å². The molecule has 2 saturated heterocycles. The molecular formula is C42H68N6O9. The number of piperidine rings is 1. The number of nitrogens with two attached hydrogens (primary N) is 1. The van der Waals surface area contributed by atoms with Crippen molar-refractivity contribution in [2.75, 3.05) is 53.8 Å². The third-order valence-electron chi connectivity index (χ3n) is 12.5. The van der Waals surface area contributed by atoms with E-state index in [0.29, 0.717) is 44.6 Å². The first-order valence-corrected chi connectivity index (χ1v) is 20.7. The average molecular weight is 801 g/mol. The predicted molar refractivity (Wildman–Crippen MR) is 216 cm³/mol. The van der Waals surface area contributed by atoms with Crippen LogP contribution in [0.15, 0.2) is 24.3 Å². The van der Waals surface area contributed by atoms with Crippen molar-refractivity contribution >= 4 is 35.4 Å². The molecule has 5 amide bonds. The third-order valence-corrected chi connectivity index (χ3v) is 12.5. The minimum Gasteiger partial charge on any atom is -0.445 e. The van der Waals surface area contributed by atoms with Gasteiger partial charge in [0.2, 0.25) is 23.6 Å². The number of nitrogen functional groups attached to an aromatic ring is 1. The molecule has 0 radical (unpaired) electrons. The van der Waals surface area contributed by atoms with Crippen molar-refractivity contribution in [2.45, 2.75) is 129 Å².